The van der Waals surface area contributed by atoms with E-state index in [0.29, 0.717) is 11.5 Å². The van der Waals surface area contributed by atoms with Crippen molar-refractivity contribution in [2.75, 3.05) is 13.2 Å². The van der Waals surface area contributed by atoms with Crippen molar-refractivity contribution in [3.63, 3.8) is 0 Å². The normalized spacial score (nSPS) is 35.3. The molecule has 0 amide bonds. The van der Waals surface area contributed by atoms with E-state index in [1.807, 2.05) is 13.8 Å². The van der Waals surface area contributed by atoms with E-state index in [4.69, 9.17) is 9.47 Å². The highest BCUT2D eigenvalue weighted by molar-refractivity contribution is 4.81. The molecule has 3 nitrogen and oxygen atoms in total. The van der Waals surface area contributed by atoms with E-state index in [1.165, 1.54) is 32.1 Å². The molecular weight excluding hydrogens is 226 g/mol. The zero-order valence-electron chi connectivity index (χ0n) is 12.4. The number of rotatable bonds is 3. The maximum atomic E-state index is 5.83. The van der Waals surface area contributed by atoms with Crippen LogP contribution >= 0.6 is 0 Å². The van der Waals surface area contributed by atoms with Gasteiger partial charge in [-0.05, 0) is 44.9 Å². The van der Waals surface area contributed by atoms with Crippen LogP contribution < -0.4 is 5.32 Å². The van der Waals surface area contributed by atoms with E-state index in [2.05, 4.69) is 19.2 Å². The second kappa shape index (κ2) is 5.48. The van der Waals surface area contributed by atoms with Crippen molar-refractivity contribution < 1.29 is 9.47 Å². The lowest BCUT2D eigenvalue weighted by Gasteiger charge is -2.23. The summed E-state index contributed by atoms with van der Waals surface area (Å²) >= 11 is 0. The van der Waals surface area contributed by atoms with E-state index in [9.17, 15) is 0 Å². The summed E-state index contributed by atoms with van der Waals surface area (Å²) in [5.74, 6) is -0.391. The molecule has 1 aliphatic carbocycles. The van der Waals surface area contributed by atoms with Crippen LogP contribution in [0.2, 0.25) is 0 Å². The van der Waals surface area contributed by atoms with Gasteiger partial charge in [-0.25, -0.2) is 0 Å². The summed E-state index contributed by atoms with van der Waals surface area (Å²) in [4.78, 5) is 0. The molecule has 2 atom stereocenters. The first-order valence-electron chi connectivity index (χ1n) is 7.41. The average molecular weight is 255 g/mol. The fourth-order valence-electron chi connectivity index (χ4n) is 3.03. The molecule has 2 rings (SSSR count). The molecule has 1 aliphatic heterocycles. The van der Waals surface area contributed by atoms with Crippen LogP contribution in [-0.2, 0) is 9.47 Å². The van der Waals surface area contributed by atoms with E-state index in [-0.39, 0.29) is 6.10 Å². The molecule has 18 heavy (non-hydrogen) atoms. The number of nitrogens with one attached hydrogen (secondary N) is 1. The standard InChI is InChI=1S/C15H29NO2/c1-14(2)8-5-6-12(7-9-14)16-10-13-11-17-15(3,4)18-13/h12-13,16H,5-11H2,1-4H3. The van der Waals surface area contributed by atoms with Crippen LogP contribution in [0.4, 0.5) is 0 Å². The van der Waals surface area contributed by atoms with Gasteiger partial charge in [0.15, 0.2) is 5.79 Å². The molecule has 1 saturated heterocycles. The maximum Gasteiger partial charge on any atom is 0.163 e. The van der Waals surface area contributed by atoms with Gasteiger partial charge >= 0.3 is 0 Å². The molecule has 2 aliphatic rings. The van der Waals surface area contributed by atoms with Crippen LogP contribution in [0.1, 0.15) is 59.8 Å². The Morgan fingerprint density at radius 2 is 1.89 bits per heavy atom. The first-order chi connectivity index (χ1) is 8.36. The Bertz CT molecular complexity index is 276. The summed E-state index contributed by atoms with van der Waals surface area (Å²) in [5.41, 5.74) is 0.533. The van der Waals surface area contributed by atoms with Gasteiger partial charge in [0, 0.05) is 12.6 Å². The fraction of sp³-hybridized carbons (Fsp3) is 1.00. The van der Waals surface area contributed by atoms with Crippen molar-refractivity contribution in [1.29, 1.82) is 0 Å². The predicted octanol–water partition coefficient (Wildman–Crippen LogP) is 3.09. The maximum absolute atomic E-state index is 5.83. The third-order valence-electron chi connectivity index (χ3n) is 4.28. The van der Waals surface area contributed by atoms with Crippen LogP contribution in [0.3, 0.4) is 0 Å². The van der Waals surface area contributed by atoms with E-state index in [1.54, 1.807) is 0 Å². The fourth-order valence-corrected chi connectivity index (χ4v) is 3.03. The van der Waals surface area contributed by atoms with Crippen LogP contribution in [-0.4, -0.2) is 31.1 Å². The third-order valence-corrected chi connectivity index (χ3v) is 4.28. The van der Waals surface area contributed by atoms with E-state index < -0.39 is 5.79 Å². The lowest BCUT2D eigenvalue weighted by Crippen LogP contribution is -2.37. The van der Waals surface area contributed by atoms with E-state index in [0.717, 1.165) is 13.2 Å². The predicted molar refractivity (Wildman–Crippen MR) is 73.6 cm³/mol. The van der Waals surface area contributed by atoms with Gasteiger partial charge in [0.25, 0.3) is 0 Å². The first-order valence-corrected chi connectivity index (χ1v) is 7.41. The van der Waals surface area contributed by atoms with Gasteiger partial charge < -0.3 is 14.8 Å². The van der Waals surface area contributed by atoms with Crippen molar-refractivity contribution in [1.82, 2.24) is 5.32 Å². The molecular formula is C15H29NO2. The minimum absolute atomic E-state index is 0.219. The highest BCUT2D eigenvalue weighted by Crippen LogP contribution is 2.33. The summed E-state index contributed by atoms with van der Waals surface area (Å²) in [6, 6.07) is 0.666. The smallest absolute Gasteiger partial charge is 0.163 e. The number of ether oxygens (including phenoxy) is 2. The SMILES string of the molecule is CC1(C)CCCC(NCC2COC(C)(C)O2)CC1. The van der Waals surface area contributed by atoms with Gasteiger partial charge in [-0.3, -0.25) is 0 Å². The van der Waals surface area contributed by atoms with Crippen LogP contribution in [0, 0.1) is 5.41 Å². The monoisotopic (exact) mass is 255 g/mol. The summed E-state index contributed by atoms with van der Waals surface area (Å²) in [6.07, 6.45) is 6.86. The molecule has 2 fully saturated rings. The molecule has 1 heterocycles. The van der Waals surface area contributed by atoms with Crippen LogP contribution in [0.15, 0.2) is 0 Å². The second-order valence-electron chi connectivity index (χ2n) is 7.15. The third kappa shape index (κ3) is 4.22. The van der Waals surface area contributed by atoms with Crippen molar-refractivity contribution >= 4 is 0 Å². The Morgan fingerprint density at radius 3 is 2.56 bits per heavy atom. The van der Waals surface area contributed by atoms with Gasteiger partial charge in [0.05, 0.1) is 12.7 Å². The lowest BCUT2D eigenvalue weighted by atomic mass is 9.85. The zero-order chi connectivity index (χ0) is 13.2. The molecule has 2 unspecified atom stereocenters. The molecule has 106 valence electrons. The quantitative estimate of drug-likeness (QED) is 0.786. The summed E-state index contributed by atoms with van der Waals surface area (Å²) in [7, 11) is 0. The minimum Gasteiger partial charge on any atom is -0.348 e. The summed E-state index contributed by atoms with van der Waals surface area (Å²) in [5, 5.41) is 3.67. The molecule has 0 aromatic heterocycles. The summed E-state index contributed by atoms with van der Waals surface area (Å²) < 4.78 is 11.4. The molecule has 0 aromatic carbocycles. The van der Waals surface area contributed by atoms with Crippen LogP contribution in [0.25, 0.3) is 0 Å². The molecule has 0 spiro atoms. The highest BCUT2D eigenvalue weighted by atomic mass is 16.7. The van der Waals surface area contributed by atoms with Gasteiger partial charge in [-0.2, -0.15) is 0 Å². The van der Waals surface area contributed by atoms with Gasteiger partial charge in [0.1, 0.15) is 0 Å². The van der Waals surface area contributed by atoms with Crippen LogP contribution in [0.5, 0.6) is 0 Å². The largest absolute Gasteiger partial charge is 0.348 e. The molecule has 0 aromatic rings. The van der Waals surface area contributed by atoms with Crippen molar-refractivity contribution in [2.45, 2.75) is 77.7 Å². The van der Waals surface area contributed by atoms with E-state index >= 15 is 0 Å². The Labute approximate surface area is 112 Å². The first kappa shape index (κ1) is 14.3. The topological polar surface area (TPSA) is 30.5 Å². The van der Waals surface area contributed by atoms with Gasteiger partial charge in [-0.15, -0.1) is 0 Å². The van der Waals surface area contributed by atoms with Gasteiger partial charge in [-0.1, -0.05) is 20.3 Å². The van der Waals surface area contributed by atoms with Crippen molar-refractivity contribution in [3.8, 4) is 0 Å². The Kier molecular flexibility index (Phi) is 4.35. The number of hydrogen-bond donors (Lipinski definition) is 1. The van der Waals surface area contributed by atoms with Crippen molar-refractivity contribution in [3.05, 3.63) is 0 Å². The second-order valence-corrected chi connectivity index (χ2v) is 7.15. The lowest BCUT2D eigenvalue weighted by molar-refractivity contribution is -0.137. The zero-order valence-corrected chi connectivity index (χ0v) is 12.4. The minimum atomic E-state index is -0.391. The Hall–Kier alpha value is -0.120. The molecule has 1 N–H and O–H groups in total. The highest BCUT2D eigenvalue weighted by Gasteiger charge is 2.33. The molecule has 0 radical (unpaired) electrons. The molecule has 3 heteroatoms. The van der Waals surface area contributed by atoms with Crippen molar-refractivity contribution in [2.24, 2.45) is 5.41 Å². The molecule has 0 bridgehead atoms. The Morgan fingerprint density at radius 1 is 1.11 bits per heavy atom. The average Bonchev–Trinajstić information content (AvgIpc) is 2.51. The summed E-state index contributed by atoms with van der Waals surface area (Å²) in [6.45, 7) is 10.4. The van der Waals surface area contributed by atoms with Gasteiger partial charge in [0.2, 0.25) is 0 Å². The molecule has 1 saturated carbocycles. The Balaban J connectivity index is 1.71. The number of hydrogen-bond acceptors (Lipinski definition) is 3.